The molecule has 96 valence electrons. The van der Waals surface area contributed by atoms with Gasteiger partial charge in [0.15, 0.2) is 12.0 Å². The van der Waals surface area contributed by atoms with E-state index in [4.69, 9.17) is 10.2 Å². The van der Waals surface area contributed by atoms with Gasteiger partial charge in [-0.25, -0.2) is 4.98 Å². The van der Waals surface area contributed by atoms with Crippen molar-refractivity contribution in [3.8, 4) is 0 Å². The number of benzene rings is 1. The molecule has 0 radical (unpaired) electrons. The Hall–Kier alpha value is -1.88. The Morgan fingerprint density at radius 3 is 3.00 bits per heavy atom. The summed E-state index contributed by atoms with van der Waals surface area (Å²) in [6, 6.07) is 5.87. The molecule has 0 bridgehead atoms. The number of rotatable bonds is 4. The van der Waals surface area contributed by atoms with Crippen LogP contribution in [0.15, 0.2) is 29.0 Å². The molecule has 0 aliphatic heterocycles. The van der Waals surface area contributed by atoms with Crippen LogP contribution in [0.3, 0.4) is 0 Å². The van der Waals surface area contributed by atoms with Gasteiger partial charge in [-0.15, -0.1) is 0 Å². The summed E-state index contributed by atoms with van der Waals surface area (Å²) in [5, 5.41) is 2.80. The summed E-state index contributed by atoms with van der Waals surface area (Å²) in [6.45, 7) is 4.66. The number of fused-ring (bicyclic) bond motifs is 1. The van der Waals surface area contributed by atoms with Gasteiger partial charge in [-0.3, -0.25) is 4.79 Å². The third kappa shape index (κ3) is 2.51. The first-order valence-corrected chi connectivity index (χ1v) is 5.83. The standard InChI is InChI=1S/C13H17N3O2/c1-13(2,7-15-12(17)6-14)9-3-4-10-11(5-9)18-8-16-10/h3-5,8H,6-7,14H2,1-2H3,(H,15,17). The number of nitrogens with two attached hydrogens (primary N) is 1. The lowest BCUT2D eigenvalue weighted by atomic mass is 9.84. The van der Waals surface area contributed by atoms with Crippen LogP contribution in [0, 0.1) is 0 Å². The average Bonchev–Trinajstić information content (AvgIpc) is 2.83. The van der Waals surface area contributed by atoms with Crippen LogP contribution in [0.2, 0.25) is 0 Å². The molecule has 1 aromatic heterocycles. The van der Waals surface area contributed by atoms with Gasteiger partial charge in [-0.1, -0.05) is 19.9 Å². The highest BCUT2D eigenvalue weighted by atomic mass is 16.3. The molecule has 0 fully saturated rings. The topological polar surface area (TPSA) is 81.2 Å². The third-order valence-electron chi connectivity index (χ3n) is 3.03. The van der Waals surface area contributed by atoms with Gasteiger partial charge in [0.05, 0.1) is 6.54 Å². The minimum Gasteiger partial charge on any atom is -0.443 e. The molecule has 18 heavy (non-hydrogen) atoms. The molecule has 0 saturated heterocycles. The van der Waals surface area contributed by atoms with Crippen LogP contribution in [-0.2, 0) is 10.2 Å². The minimum absolute atomic E-state index is 0.0111. The van der Waals surface area contributed by atoms with Crippen LogP contribution >= 0.6 is 0 Å². The van der Waals surface area contributed by atoms with E-state index in [-0.39, 0.29) is 17.9 Å². The lowest BCUT2D eigenvalue weighted by Gasteiger charge is -2.25. The summed E-state index contributed by atoms with van der Waals surface area (Å²) >= 11 is 0. The van der Waals surface area contributed by atoms with Gasteiger partial charge in [0.2, 0.25) is 5.91 Å². The number of hydrogen-bond donors (Lipinski definition) is 2. The molecule has 3 N–H and O–H groups in total. The second-order valence-corrected chi connectivity index (χ2v) is 4.90. The Morgan fingerprint density at radius 1 is 1.50 bits per heavy atom. The van der Waals surface area contributed by atoms with Crippen molar-refractivity contribution in [2.24, 2.45) is 5.73 Å². The minimum atomic E-state index is -0.189. The van der Waals surface area contributed by atoms with Crippen molar-refractivity contribution in [1.29, 1.82) is 0 Å². The van der Waals surface area contributed by atoms with Crippen molar-refractivity contribution in [2.45, 2.75) is 19.3 Å². The Morgan fingerprint density at radius 2 is 2.28 bits per heavy atom. The molecular formula is C13H17N3O2. The van der Waals surface area contributed by atoms with E-state index in [0.717, 1.165) is 16.7 Å². The van der Waals surface area contributed by atoms with Crippen molar-refractivity contribution in [3.63, 3.8) is 0 Å². The van der Waals surface area contributed by atoms with E-state index in [2.05, 4.69) is 24.1 Å². The molecule has 1 aromatic carbocycles. The maximum atomic E-state index is 11.2. The number of carbonyl (C=O) groups excluding carboxylic acids is 1. The number of nitrogens with zero attached hydrogens (tertiary/aromatic N) is 1. The highest BCUT2D eigenvalue weighted by Gasteiger charge is 2.22. The maximum absolute atomic E-state index is 11.2. The van der Waals surface area contributed by atoms with E-state index in [9.17, 15) is 4.79 Å². The van der Waals surface area contributed by atoms with Crippen LogP contribution in [0.25, 0.3) is 11.1 Å². The predicted octanol–water partition coefficient (Wildman–Crippen LogP) is 1.18. The van der Waals surface area contributed by atoms with Crippen LogP contribution in [-0.4, -0.2) is 24.0 Å². The second-order valence-electron chi connectivity index (χ2n) is 4.90. The maximum Gasteiger partial charge on any atom is 0.233 e. The molecule has 1 heterocycles. The quantitative estimate of drug-likeness (QED) is 0.850. The first-order valence-electron chi connectivity index (χ1n) is 5.83. The molecule has 0 saturated carbocycles. The summed E-state index contributed by atoms with van der Waals surface area (Å²) in [6.07, 6.45) is 1.43. The number of oxazole rings is 1. The van der Waals surface area contributed by atoms with Crippen LogP contribution < -0.4 is 11.1 Å². The van der Waals surface area contributed by atoms with Crippen molar-refractivity contribution >= 4 is 17.0 Å². The van der Waals surface area contributed by atoms with E-state index < -0.39 is 0 Å². The Labute approximate surface area is 105 Å². The highest BCUT2D eigenvalue weighted by Crippen LogP contribution is 2.25. The lowest BCUT2D eigenvalue weighted by Crippen LogP contribution is -2.39. The second kappa shape index (κ2) is 4.78. The van der Waals surface area contributed by atoms with Crippen molar-refractivity contribution < 1.29 is 9.21 Å². The fourth-order valence-corrected chi connectivity index (χ4v) is 1.77. The first kappa shape index (κ1) is 12.6. The van der Waals surface area contributed by atoms with Crippen LogP contribution in [0.4, 0.5) is 0 Å². The molecule has 2 rings (SSSR count). The molecule has 0 spiro atoms. The molecule has 2 aromatic rings. The summed E-state index contributed by atoms with van der Waals surface area (Å²) in [7, 11) is 0. The van der Waals surface area contributed by atoms with Gasteiger partial charge in [0.25, 0.3) is 0 Å². The van der Waals surface area contributed by atoms with E-state index in [1.54, 1.807) is 0 Å². The lowest BCUT2D eigenvalue weighted by molar-refractivity contribution is -0.119. The van der Waals surface area contributed by atoms with Gasteiger partial charge in [-0.2, -0.15) is 0 Å². The molecule has 1 amide bonds. The van der Waals surface area contributed by atoms with Crippen molar-refractivity contribution in [1.82, 2.24) is 10.3 Å². The fourth-order valence-electron chi connectivity index (χ4n) is 1.77. The Kier molecular flexibility index (Phi) is 3.34. The highest BCUT2D eigenvalue weighted by molar-refractivity contribution is 5.78. The molecule has 5 heteroatoms. The van der Waals surface area contributed by atoms with Gasteiger partial charge in [0, 0.05) is 12.0 Å². The number of carbonyl (C=O) groups is 1. The van der Waals surface area contributed by atoms with Gasteiger partial charge < -0.3 is 15.5 Å². The summed E-state index contributed by atoms with van der Waals surface area (Å²) in [5.74, 6) is -0.149. The molecule has 0 aliphatic rings. The number of hydrogen-bond acceptors (Lipinski definition) is 4. The van der Waals surface area contributed by atoms with Crippen LogP contribution in [0.1, 0.15) is 19.4 Å². The zero-order chi connectivity index (χ0) is 13.2. The van der Waals surface area contributed by atoms with E-state index in [0.29, 0.717) is 6.54 Å². The molecule has 0 atom stereocenters. The van der Waals surface area contributed by atoms with Crippen LogP contribution in [0.5, 0.6) is 0 Å². The summed E-state index contributed by atoms with van der Waals surface area (Å²) in [4.78, 5) is 15.3. The zero-order valence-electron chi connectivity index (χ0n) is 10.6. The fraction of sp³-hybridized carbons (Fsp3) is 0.385. The molecule has 0 unspecified atom stereocenters. The van der Waals surface area contributed by atoms with Gasteiger partial charge in [-0.05, 0) is 17.7 Å². The first-order chi connectivity index (χ1) is 8.53. The van der Waals surface area contributed by atoms with Crippen molar-refractivity contribution in [3.05, 3.63) is 30.2 Å². The Bertz CT molecular complexity index is 560. The number of nitrogens with one attached hydrogen (secondary N) is 1. The largest absolute Gasteiger partial charge is 0.443 e. The molecular weight excluding hydrogens is 230 g/mol. The summed E-state index contributed by atoms with van der Waals surface area (Å²) in [5.41, 5.74) is 7.75. The zero-order valence-corrected chi connectivity index (χ0v) is 10.6. The predicted molar refractivity (Wildman–Crippen MR) is 69.1 cm³/mol. The summed E-state index contributed by atoms with van der Waals surface area (Å²) < 4.78 is 5.28. The normalized spacial score (nSPS) is 11.7. The van der Waals surface area contributed by atoms with Gasteiger partial charge in [0.1, 0.15) is 5.52 Å². The Balaban J connectivity index is 2.19. The smallest absolute Gasteiger partial charge is 0.233 e. The molecule has 5 nitrogen and oxygen atoms in total. The van der Waals surface area contributed by atoms with E-state index in [1.165, 1.54) is 6.39 Å². The SMILES string of the molecule is CC(C)(CNC(=O)CN)c1ccc2ncoc2c1. The van der Waals surface area contributed by atoms with Crippen molar-refractivity contribution in [2.75, 3.05) is 13.1 Å². The average molecular weight is 247 g/mol. The van der Waals surface area contributed by atoms with E-state index in [1.807, 2.05) is 18.2 Å². The third-order valence-corrected chi connectivity index (χ3v) is 3.03. The van der Waals surface area contributed by atoms with Gasteiger partial charge >= 0.3 is 0 Å². The number of aromatic nitrogens is 1. The molecule has 0 aliphatic carbocycles. The monoisotopic (exact) mass is 247 g/mol. The van der Waals surface area contributed by atoms with E-state index >= 15 is 0 Å². The number of amides is 1.